The number of likely N-dealkylation sites (tertiary alicyclic amines) is 1. The first-order valence-electron chi connectivity index (χ1n) is 6.47. The summed E-state index contributed by atoms with van der Waals surface area (Å²) in [6.45, 7) is 5.52. The minimum absolute atomic E-state index is 0.255. The molecule has 0 saturated carbocycles. The number of amidine groups is 1. The highest BCUT2D eigenvalue weighted by Crippen LogP contribution is 2.17. The summed E-state index contributed by atoms with van der Waals surface area (Å²) in [5.74, 6) is 0.656. The Hall–Kier alpha value is -0.770. The number of oxime groups is 1. The van der Waals surface area contributed by atoms with E-state index in [4.69, 9.17) is 10.9 Å². The van der Waals surface area contributed by atoms with Gasteiger partial charge < -0.3 is 15.8 Å². The Morgan fingerprint density at radius 1 is 1.44 bits per heavy atom. The van der Waals surface area contributed by atoms with Crippen molar-refractivity contribution in [1.82, 2.24) is 4.90 Å². The van der Waals surface area contributed by atoms with Gasteiger partial charge in [0.25, 0.3) is 0 Å². The smallest absolute Gasteiger partial charge is 0.143 e. The van der Waals surface area contributed by atoms with Gasteiger partial charge in [-0.2, -0.15) is 0 Å². The standard InChI is InChI=1S/C12H25N3O/c1-2-3-4-5-8-15-9-6-7-11(10-15)12(13)14-16/h11,16H,2-10H2,1H3,(H2,13,14). The molecule has 0 amide bonds. The van der Waals surface area contributed by atoms with Gasteiger partial charge in [0.15, 0.2) is 0 Å². The highest BCUT2D eigenvalue weighted by molar-refractivity contribution is 5.82. The maximum atomic E-state index is 8.66. The average molecular weight is 227 g/mol. The van der Waals surface area contributed by atoms with E-state index in [1.54, 1.807) is 0 Å². The summed E-state index contributed by atoms with van der Waals surface area (Å²) < 4.78 is 0. The van der Waals surface area contributed by atoms with E-state index in [0.29, 0.717) is 5.84 Å². The number of piperidine rings is 1. The Labute approximate surface area is 98.5 Å². The average Bonchev–Trinajstić information content (AvgIpc) is 2.34. The van der Waals surface area contributed by atoms with Crippen LogP contribution in [0, 0.1) is 5.92 Å². The quantitative estimate of drug-likeness (QED) is 0.240. The number of hydrogen-bond acceptors (Lipinski definition) is 3. The molecule has 1 fully saturated rings. The van der Waals surface area contributed by atoms with Crippen molar-refractivity contribution in [2.75, 3.05) is 19.6 Å². The summed E-state index contributed by atoms with van der Waals surface area (Å²) in [6.07, 6.45) is 7.43. The lowest BCUT2D eigenvalue weighted by molar-refractivity contribution is 0.196. The monoisotopic (exact) mass is 227 g/mol. The largest absolute Gasteiger partial charge is 0.409 e. The fourth-order valence-electron chi connectivity index (χ4n) is 2.34. The van der Waals surface area contributed by atoms with E-state index in [9.17, 15) is 0 Å². The van der Waals surface area contributed by atoms with Gasteiger partial charge in [0.2, 0.25) is 0 Å². The Bertz CT molecular complexity index is 218. The normalized spacial score (nSPS) is 23.6. The van der Waals surface area contributed by atoms with Crippen molar-refractivity contribution >= 4 is 5.84 Å². The van der Waals surface area contributed by atoms with Crippen molar-refractivity contribution in [3.05, 3.63) is 0 Å². The Balaban J connectivity index is 2.22. The zero-order chi connectivity index (χ0) is 11.8. The molecular formula is C12H25N3O. The molecule has 16 heavy (non-hydrogen) atoms. The predicted octanol–water partition coefficient (Wildman–Crippen LogP) is 2.03. The number of rotatable bonds is 6. The zero-order valence-corrected chi connectivity index (χ0v) is 10.4. The predicted molar refractivity (Wildman–Crippen MR) is 66.7 cm³/mol. The van der Waals surface area contributed by atoms with Gasteiger partial charge in [-0.3, -0.25) is 0 Å². The van der Waals surface area contributed by atoms with E-state index in [-0.39, 0.29) is 5.92 Å². The third-order valence-corrected chi connectivity index (χ3v) is 3.37. The van der Waals surface area contributed by atoms with Crippen LogP contribution >= 0.6 is 0 Å². The van der Waals surface area contributed by atoms with Gasteiger partial charge >= 0.3 is 0 Å². The molecule has 1 aliphatic heterocycles. The molecule has 1 rings (SSSR count). The molecule has 0 aromatic heterocycles. The van der Waals surface area contributed by atoms with Crippen LogP contribution in [0.15, 0.2) is 5.16 Å². The topological polar surface area (TPSA) is 61.8 Å². The van der Waals surface area contributed by atoms with Gasteiger partial charge in [0.1, 0.15) is 5.84 Å². The molecule has 0 aliphatic carbocycles. The Morgan fingerprint density at radius 2 is 2.25 bits per heavy atom. The van der Waals surface area contributed by atoms with Crippen LogP contribution in [0.5, 0.6) is 0 Å². The molecule has 94 valence electrons. The Morgan fingerprint density at radius 3 is 2.94 bits per heavy atom. The van der Waals surface area contributed by atoms with Crippen LogP contribution in [-0.4, -0.2) is 35.6 Å². The lowest BCUT2D eigenvalue weighted by Gasteiger charge is -2.31. The molecule has 1 atom stereocenters. The molecule has 4 heteroatoms. The van der Waals surface area contributed by atoms with Gasteiger partial charge in [-0.25, -0.2) is 0 Å². The van der Waals surface area contributed by atoms with E-state index in [2.05, 4.69) is 17.0 Å². The van der Waals surface area contributed by atoms with Crippen molar-refractivity contribution < 1.29 is 5.21 Å². The van der Waals surface area contributed by atoms with Crippen LogP contribution in [-0.2, 0) is 0 Å². The maximum absolute atomic E-state index is 8.66. The van der Waals surface area contributed by atoms with E-state index >= 15 is 0 Å². The van der Waals surface area contributed by atoms with Crippen LogP contribution in [0.4, 0.5) is 0 Å². The third-order valence-electron chi connectivity index (χ3n) is 3.37. The van der Waals surface area contributed by atoms with Crippen molar-refractivity contribution in [2.45, 2.75) is 45.4 Å². The summed E-state index contributed by atoms with van der Waals surface area (Å²) in [5.41, 5.74) is 5.66. The van der Waals surface area contributed by atoms with E-state index < -0.39 is 0 Å². The molecule has 0 aromatic rings. The second-order valence-corrected chi connectivity index (χ2v) is 4.73. The zero-order valence-electron chi connectivity index (χ0n) is 10.4. The molecule has 4 nitrogen and oxygen atoms in total. The third kappa shape index (κ3) is 4.39. The molecule has 1 heterocycles. The molecule has 1 unspecified atom stereocenters. The van der Waals surface area contributed by atoms with Crippen molar-refractivity contribution in [1.29, 1.82) is 0 Å². The van der Waals surface area contributed by atoms with Crippen molar-refractivity contribution in [3.8, 4) is 0 Å². The number of hydrogen-bond donors (Lipinski definition) is 2. The van der Waals surface area contributed by atoms with Crippen molar-refractivity contribution in [3.63, 3.8) is 0 Å². The van der Waals surface area contributed by atoms with Crippen LogP contribution in [0.3, 0.4) is 0 Å². The summed E-state index contributed by atoms with van der Waals surface area (Å²) in [7, 11) is 0. The molecule has 0 radical (unpaired) electrons. The fourth-order valence-corrected chi connectivity index (χ4v) is 2.34. The lowest BCUT2D eigenvalue weighted by Crippen LogP contribution is -2.41. The minimum Gasteiger partial charge on any atom is -0.409 e. The van der Waals surface area contributed by atoms with E-state index in [1.807, 2.05) is 0 Å². The van der Waals surface area contributed by atoms with E-state index in [1.165, 1.54) is 32.2 Å². The molecule has 0 bridgehead atoms. The first-order chi connectivity index (χ1) is 7.77. The van der Waals surface area contributed by atoms with Crippen LogP contribution in [0.2, 0.25) is 0 Å². The second-order valence-electron chi connectivity index (χ2n) is 4.73. The number of nitrogens with zero attached hydrogens (tertiary/aromatic N) is 2. The molecule has 1 saturated heterocycles. The highest BCUT2D eigenvalue weighted by Gasteiger charge is 2.22. The van der Waals surface area contributed by atoms with Crippen LogP contribution in [0.1, 0.15) is 45.4 Å². The summed E-state index contributed by atoms with van der Waals surface area (Å²) in [6, 6.07) is 0. The van der Waals surface area contributed by atoms with Gasteiger partial charge in [0.05, 0.1) is 0 Å². The van der Waals surface area contributed by atoms with E-state index in [0.717, 1.165) is 25.9 Å². The first-order valence-corrected chi connectivity index (χ1v) is 6.47. The maximum Gasteiger partial charge on any atom is 0.143 e. The number of unbranched alkanes of at least 4 members (excludes halogenated alkanes) is 3. The van der Waals surface area contributed by atoms with Gasteiger partial charge in [-0.15, -0.1) is 0 Å². The SMILES string of the molecule is CCCCCCN1CCCC(C(N)=NO)C1. The summed E-state index contributed by atoms with van der Waals surface area (Å²) >= 11 is 0. The minimum atomic E-state index is 0.255. The fraction of sp³-hybridized carbons (Fsp3) is 0.917. The van der Waals surface area contributed by atoms with Crippen LogP contribution < -0.4 is 5.73 Å². The van der Waals surface area contributed by atoms with Crippen molar-refractivity contribution in [2.24, 2.45) is 16.8 Å². The van der Waals surface area contributed by atoms with Gasteiger partial charge in [-0.05, 0) is 32.4 Å². The molecule has 0 spiro atoms. The highest BCUT2D eigenvalue weighted by atomic mass is 16.4. The Kier molecular flexibility index (Phi) is 6.23. The lowest BCUT2D eigenvalue weighted by atomic mass is 9.97. The van der Waals surface area contributed by atoms with Crippen LogP contribution in [0.25, 0.3) is 0 Å². The second kappa shape index (κ2) is 7.49. The molecule has 1 aliphatic rings. The molecular weight excluding hydrogens is 202 g/mol. The van der Waals surface area contributed by atoms with Gasteiger partial charge in [-0.1, -0.05) is 31.3 Å². The molecule has 3 N–H and O–H groups in total. The number of nitrogens with two attached hydrogens (primary N) is 1. The molecule has 0 aromatic carbocycles. The summed E-state index contributed by atoms with van der Waals surface area (Å²) in [4.78, 5) is 2.45. The van der Waals surface area contributed by atoms with Gasteiger partial charge in [0, 0.05) is 12.5 Å². The summed E-state index contributed by atoms with van der Waals surface area (Å²) in [5, 5.41) is 11.8. The first kappa shape index (κ1) is 13.3.